The number of hydrogen-bond acceptors (Lipinski definition) is 5. The molecule has 0 bridgehead atoms. The highest BCUT2D eigenvalue weighted by molar-refractivity contribution is 5.55. The first-order valence-corrected chi connectivity index (χ1v) is 5.41. The van der Waals surface area contributed by atoms with E-state index >= 15 is 0 Å². The van der Waals surface area contributed by atoms with Gasteiger partial charge in [0.1, 0.15) is 11.8 Å². The second kappa shape index (κ2) is 6.74. The van der Waals surface area contributed by atoms with Gasteiger partial charge in [-0.2, -0.15) is 5.26 Å². The predicted octanol–water partition coefficient (Wildman–Crippen LogP) is 0.722. The van der Waals surface area contributed by atoms with Crippen molar-refractivity contribution in [2.75, 3.05) is 25.1 Å². The van der Waals surface area contributed by atoms with E-state index in [-0.39, 0.29) is 13.2 Å². The van der Waals surface area contributed by atoms with Gasteiger partial charge < -0.3 is 20.3 Å². The molecule has 0 aliphatic heterocycles. The summed E-state index contributed by atoms with van der Waals surface area (Å²) in [5.74, 6) is 0.512. The van der Waals surface area contributed by atoms with Crippen molar-refractivity contribution >= 4 is 5.69 Å². The van der Waals surface area contributed by atoms with Crippen LogP contribution in [0.15, 0.2) is 18.2 Å². The second-order valence-corrected chi connectivity index (χ2v) is 3.47. The number of aliphatic hydroxyl groups is 2. The molecule has 0 aliphatic rings. The molecule has 3 N–H and O–H groups in total. The first-order valence-electron chi connectivity index (χ1n) is 5.41. The molecule has 0 heterocycles. The molecule has 5 heteroatoms. The van der Waals surface area contributed by atoms with Crippen LogP contribution >= 0.6 is 0 Å². The van der Waals surface area contributed by atoms with Crippen LogP contribution in [0.3, 0.4) is 0 Å². The monoisotopic (exact) mass is 236 g/mol. The van der Waals surface area contributed by atoms with E-state index in [0.29, 0.717) is 17.9 Å². The van der Waals surface area contributed by atoms with E-state index in [0.717, 1.165) is 5.69 Å². The van der Waals surface area contributed by atoms with Crippen molar-refractivity contribution in [1.29, 1.82) is 5.26 Å². The van der Waals surface area contributed by atoms with Crippen LogP contribution < -0.4 is 10.1 Å². The molecule has 1 aromatic rings. The van der Waals surface area contributed by atoms with Crippen molar-refractivity contribution in [3.8, 4) is 11.8 Å². The number of benzene rings is 1. The van der Waals surface area contributed by atoms with E-state index < -0.39 is 6.10 Å². The molecule has 0 saturated carbocycles. The zero-order valence-corrected chi connectivity index (χ0v) is 9.68. The number of aliphatic hydroxyl groups excluding tert-OH is 2. The molecule has 1 aromatic carbocycles. The van der Waals surface area contributed by atoms with Gasteiger partial charge in [-0.25, -0.2) is 0 Å². The van der Waals surface area contributed by atoms with Gasteiger partial charge in [0.2, 0.25) is 0 Å². The lowest BCUT2D eigenvalue weighted by Gasteiger charge is -2.12. The summed E-state index contributed by atoms with van der Waals surface area (Å²) in [5.41, 5.74) is 1.21. The van der Waals surface area contributed by atoms with Crippen LogP contribution in [0.5, 0.6) is 5.75 Å². The summed E-state index contributed by atoms with van der Waals surface area (Å²) in [6, 6.07) is 7.12. The van der Waals surface area contributed by atoms with Gasteiger partial charge in [-0.05, 0) is 19.1 Å². The standard InChI is InChI=1S/C12H16N2O3/c1-2-17-12-5-10(4-3-9(12)6-13)14-7-11(16)8-15/h3-5,11,14-16H,2,7-8H2,1H3. The lowest BCUT2D eigenvalue weighted by atomic mass is 10.2. The fourth-order valence-electron chi connectivity index (χ4n) is 1.30. The zero-order valence-electron chi connectivity index (χ0n) is 9.68. The molecule has 0 saturated heterocycles. The number of nitrogens with zero attached hydrogens (tertiary/aromatic N) is 1. The van der Waals surface area contributed by atoms with Crippen LogP contribution in [0.25, 0.3) is 0 Å². The van der Waals surface area contributed by atoms with Crippen LogP contribution in [-0.4, -0.2) is 36.1 Å². The Balaban J connectivity index is 2.74. The van der Waals surface area contributed by atoms with Crippen LogP contribution in [0, 0.1) is 11.3 Å². The molecule has 1 unspecified atom stereocenters. The fraction of sp³-hybridized carbons (Fsp3) is 0.417. The van der Waals surface area contributed by atoms with Crippen molar-refractivity contribution in [2.24, 2.45) is 0 Å². The number of rotatable bonds is 6. The number of hydrogen-bond donors (Lipinski definition) is 3. The molecular weight excluding hydrogens is 220 g/mol. The van der Waals surface area contributed by atoms with Gasteiger partial charge in [0, 0.05) is 18.3 Å². The second-order valence-electron chi connectivity index (χ2n) is 3.47. The Morgan fingerprint density at radius 1 is 1.53 bits per heavy atom. The third-order valence-electron chi connectivity index (χ3n) is 2.15. The molecule has 0 amide bonds. The molecule has 5 nitrogen and oxygen atoms in total. The molecule has 1 rings (SSSR count). The highest BCUT2D eigenvalue weighted by Crippen LogP contribution is 2.22. The highest BCUT2D eigenvalue weighted by atomic mass is 16.5. The van der Waals surface area contributed by atoms with E-state index in [9.17, 15) is 5.11 Å². The minimum atomic E-state index is -0.804. The van der Waals surface area contributed by atoms with Crippen LogP contribution in [0.1, 0.15) is 12.5 Å². The normalized spacial score (nSPS) is 11.6. The average Bonchev–Trinajstić information content (AvgIpc) is 2.36. The third-order valence-corrected chi connectivity index (χ3v) is 2.15. The molecule has 17 heavy (non-hydrogen) atoms. The Bertz CT molecular complexity index is 401. The summed E-state index contributed by atoms with van der Waals surface area (Å²) in [5, 5.41) is 29.7. The van der Waals surface area contributed by atoms with E-state index in [4.69, 9.17) is 15.1 Å². The number of ether oxygens (including phenoxy) is 1. The van der Waals surface area contributed by atoms with Crippen molar-refractivity contribution < 1.29 is 14.9 Å². The Morgan fingerprint density at radius 3 is 2.88 bits per heavy atom. The Hall–Kier alpha value is -1.77. The Labute approximate surface area is 100 Å². The van der Waals surface area contributed by atoms with Crippen molar-refractivity contribution in [2.45, 2.75) is 13.0 Å². The first-order chi connectivity index (χ1) is 8.21. The zero-order chi connectivity index (χ0) is 12.7. The Kier molecular flexibility index (Phi) is 5.27. The van der Waals surface area contributed by atoms with Crippen LogP contribution in [0.2, 0.25) is 0 Å². The maximum Gasteiger partial charge on any atom is 0.139 e. The molecule has 0 spiro atoms. The molecule has 0 aromatic heterocycles. The summed E-state index contributed by atoms with van der Waals surface area (Å²) >= 11 is 0. The summed E-state index contributed by atoms with van der Waals surface area (Å²) in [6.45, 7) is 2.28. The van der Waals surface area contributed by atoms with Crippen molar-refractivity contribution in [3.05, 3.63) is 23.8 Å². The van der Waals surface area contributed by atoms with E-state index in [1.807, 2.05) is 13.0 Å². The van der Waals surface area contributed by atoms with Gasteiger partial charge in [0.15, 0.2) is 0 Å². The molecule has 0 radical (unpaired) electrons. The maximum absolute atomic E-state index is 9.20. The van der Waals surface area contributed by atoms with E-state index in [2.05, 4.69) is 5.32 Å². The molecule has 92 valence electrons. The summed E-state index contributed by atoms with van der Waals surface area (Å²) in [6.07, 6.45) is -0.804. The summed E-state index contributed by atoms with van der Waals surface area (Å²) in [7, 11) is 0. The lowest BCUT2D eigenvalue weighted by molar-refractivity contribution is 0.105. The number of anilines is 1. The van der Waals surface area contributed by atoms with Gasteiger partial charge in [0.25, 0.3) is 0 Å². The van der Waals surface area contributed by atoms with Crippen molar-refractivity contribution in [1.82, 2.24) is 0 Å². The van der Waals surface area contributed by atoms with E-state index in [1.54, 1.807) is 18.2 Å². The largest absolute Gasteiger partial charge is 0.492 e. The number of nitrogens with one attached hydrogen (secondary N) is 1. The molecular formula is C12H16N2O3. The Morgan fingerprint density at radius 2 is 2.29 bits per heavy atom. The van der Waals surface area contributed by atoms with E-state index in [1.165, 1.54) is 0 Å². The topological polar surface area (TPSA) is 85.5 Å². The smallest absolute Gasteiger partial charge is 0.139 e. The number of nitriles is 1. The quantitative estimate of drug-likeness (QED) is 0.677. The highest BCUT2D eigenvalue weighted by Gasteiger charge is 2.06. The van der Waals surface area contributed by atoms with Gasteiger partial charge >= 0.3 is 0 Å². The molecule has 0 aliphatic carbocycles. The van der Waals surface area contributed by atoms with Gasteiger partial charge in [-0.15, -0.1) is 0 Å². The minimum absolute atomic E-state index is 0.244. The minimum Gasteiger partial charge on any atom is -0.492 e. The van der Waals surface area contributed by atoms with Crippen LogP contribution in [0.4, 0.5) is 5.69 Å². The molecule has 0 fully saturated rings. The summed E-state index contributed by atoms with van der Waals surface area (Å²) < 4.78 is 5.33. The predicted molar refractivity (Wildman–Crippen MR) is 63.9 cm³/mol. The lowest BCUT2D eigenvalue weighted by Crippen LogP contribution is -2.22. The SMILES string of the molecule is CCOc1cc(NCC(O)CO)ccc1C#N. The molecule has 1 atom stereocenters. The van der Waals surface area contributed by atoms with Crippen molar-refractivity contribution in [3.63, 3.8) is 0 Å². The average molecular weight is 236 g/mol. The van der Waals surface area contributed by atoms with Crippen LogP contribution in [-0.2, 0) is 0 Å². The first kappa shape index (κ1) is 13.3. The van der Waals surface area contributed by atoms with Gasteiger partial charge in [-0.1, -0.05) is 0 Å². The fourth-order valence-corrected chi connectivity index (χ4v) is 1.30. The third kappa shape index (κ3) is 3.94. The van der Waals surface area contributed by atoms with Gasteiger partial charge in [-0.3, -0.25) is 0 Å². The maximum atomic E-state index is 9.20. The summed E-state index contributed by atoms with van der Waals surface area (Å²) in [4.78, 5) is 0. The van der Waals surface area contributed by atoms with Gasteiger partial charge in [0.05, 0.1) is 24.9 Å².